The molecule has 1 N–H and O–H groups in total. The van der Waals surface area contributed by atoms with E-state index in [2.05, 4.69) is 0 Å². The minimum Gasteiger partial charge on any atom is -0.481 e. The summed E-state index contributed by atoms with van der Waals surface area (Å²) in [5.41, 5.74) is 0. The molecule has 0 aliphatic carbocycles. The van der Waals surface area contributed by atoms with Crippen molar-refractivity contribution in [1.82, 2.24) is 0 Å². The highest BCUT2D eigenvalue weighted by Crippen LogP contribution is 2.29. The lowest BCUT2D eigenvalue weighted by atomic mass is 10.1. The Balaban J connectivity index is 4.35. The molecular formula is C7H9F3O2. The van der Waals surface area contributed by atoms with Gasteiger partial charge in [-0.1, -0.05) is 12.2 Å². The molecule has 0 saturated heterocycles. The van der Waals surface area contributed by atoms with Crippen molar-refractivity contribution in [1.29, 1.82) is 0 Å². The van der Waals surface area contributed by atoms with Crippen LogP contribution in [0.15, 0.2) is 12.2 Å². The molecule has 0 amide bonds. The lowest BCUT2D eigenvalue weighted by Crippen LogP contribution is -2.29. The van der Waals surface area contributed by atoms with Crippen LogP contribution >= 0.6 is 0 Å². The number of carbonyl (C=O) groups is 1. The van der Waals surface area contributed by atoms with Gasteiger partial charge < -0.3 is 5.11 Å². The summed E-state index contributed by atoms with van der Waals surface area (Å²) in [5.74, 6) is -4.12. The van der Waals surface area contributed by atoms with Gasteiger partial charge in [-0.15, -0.1) is 0 Å². The lowest BCUT2D eigenvalue weighted by molar-refractivity contribution is -0.192. The van der Waals surface area contributed by atoms with Crippen molar-refractivity contribution in [3.8, 4) is 0 Å². The van der Waals surface area contributed by atoms with Crippen LogP contribution in [-0.4, -0.2) is 17.3 Å². The zero-order chi connectivity index (χ0) is 9.78. The Kier molecular flexibility index (Phi) is 3.79. The smallest absolute Gasteiger partial charge is 0.402 e. The van der Waals surface area contributed by atoms with E-state index in [4.69, 9.17) is 5.11 Å². The second-order valence-electron chi connectivity index (χ2n) is 2.24. The van der Waals surface area contributed by atoms with Gasteiger partial charge in [-0.2, -0.15) is 13.2 Å². The number of hydrogen-bond acceptors (Lipinski definition) is 1. The largest absolute Gasteiger partial charge is 0.481 e. The quantitative estimate of drug-likeness (QED) is 0.679. The molecule has 2 nitrogen and oxygen atoms in total. The first-order valence-electron chi connectivity index (χ1n) is 3.30. The molecule has 1 unspecified atom stereocenters. The first-order valence-corrected chi connectivity index (χ1v) is 3.30. The average molecular weight is 182 g/mol. The predicted octanol–water partition coefficient (Wildman–Crippen LogP) is 2.22. The second kappa shape index (κ2) is 4.13. The van der Waals surface area contributed by atoms with E-state index in [-0.39, 0.29) is 0 Å². The highest BCUT2D eigenvalue weighted by atomic mass is 19.4. The summed E-state index contributed by atoms with van der Waals surface area (Å²) in [5, 5.41) is 8.18. The first kappa shape index (κ1) is 11.0. The fourth-order valence-corrected chi connectivity index (χ4v) is 0.647. The summed E-state index contributed by atoms with van der Waals surface area (Å²) >= 11 is 0. The summed E-state index contributed by atoms with van der Waals surface area (Å²) in [6.07, 6.45) is -2.59. The third kappa shape index (κ3) is 3.41. The van der Waals surface area contributed by atoms with Crippen LogP contribution in [0.1, 0.15) is 13.3 Å². The number of alkyl halides is 3. The maximum absolute atomic E-state index is 11.9. The van der Waals surface area contributed by atoms with Crippen molar-refractivity contribution in [2.75, 3.05) is 0 Å². The van der Waals surface area contributed by atoms with E-state index in [1.54, 1.807) is 0 Å². The number of rotatable bonds is 3. The van der Waals surface area contributed by atoms with Gasteiger partial charge in [0.1, 0.15) is 0 Å². The number of carboxylic acid groups (broad SMARTS) is 1. The molecule has 0 saturated carbocycles. The predicted molar refractivity (Wildman–Crippen MR) is 36.6 cm³/mol. The zero-order valence-electron chi connectivity index (χ0n) is 6.43. The van der Waals surface area contributed by atoms with Gasteiger partial charge in [0.2, 0.25) is 0 Å². The summed E-state index contributed by atoms with van der Waals surface area (Å²) in [4.78, 5) is 10.1. The van der Waals surface area contributed by atoms with E-state index in [9.17, 15) is 18.0 Å². The minimum atomic E-state index is -4.66. The fraction of sp³-hybridized carbons (Fsp3) is 0.571. The van der Waals surface area contributed by atoms with Gasteiger partial charge >= 0.3 is 12.1 Å². The van der Waals surface area contributed by atoms with Gasteiger partial charge in [0, 0.05) is 0 Å². The topological polar surface area (TPSA) is 37.3 Å². The summed E-state index contributed by atoms with van der Waals surface area (Å²) in [6, 6.07) is 0. The van der Waals surface area contributed by atoms with Crippen molar-refractivity contribution in [2.45, 2.75) is 19.5 Å². The van der Waals surface area contributed by atoms with Crippen LogP contribution in [0.25, 0.3) is 0 Å². The second-order valence-corrected chi connectivity index (χ2v) is 2.24. The van der Waals surface area contributed by atoms with Gasteiger partial charge in [-0.3, -0.25) is 4.79 Å². The number of hydrogen-bond donors (Lipinski definition) is 1. The minimum absolute atomic E-state index is 0.505. The van der Waals surface area contributed by atoms with Crippen LogP contribution < -0.4 is 0 Å². The highest BCUT2D eigenvalue weighted by Gasteiger charge is 2.43. The molecule has 70 valence electrons. The van der Waals surface area contributed by atoms with Crippen LogP contribution in [-0.2, 0) is 4.79 Å². The van der Waals surface area contributed by atoms with Gasteiger partial charge in [0.05, 0.1) is 0 Å². The molecule has 1 atom stereocenters. The normalized spacial score (nSPS) is 15.0. The molecule has 12 heavy (non-hydrogen) atoms. The first-order chi connectivity index (χ1) is 5.39. The monoisotopic (exact) mass is 182 g/mol. The molecule has 0 bridgehead atoms. The van der Waals surface area contributed by atoms with E-state index in [1.807, 2.05) is 0 Å². The Morgan fingerprint density at radius 1 is 1.58 bits per heavy atom. The van der Waals surface area contributed by atoms with Gasteiger partial charge in [0.15, 0.2) is 5.92 Å². The molecular weight excluding hydrogens is 173 g/mol. The molecule has 0 aromatic carbocycles. The molecule has 0 fully saturated rings. The van der Waals surface area contributed by atoms with Crippen LogP contribution in [0, 0.1) is 5.92 Å². The Hall–Kier alpha value is -1.00. The number of aliphatic carboxylic acids is 1. The zero-order valence-corrected chi connectivity index (χ0v) is 6.43. The van der Waals surface area contributed by atoms with Crippen molar-refractivity contribution in [3.63, 3.8) is 0 Å². The van der Waals surface area contributed by atoms with Crippen molar-refractivity contribution >= 4 is 5.97 Å². The van der Waals surface area contributed by atoms with E-state index >= 15 is 0 Å². The van der Waals surface area contributed by atoms with Crippen LogP contribution in [0.5, 0.6) is 0 Å². The van der Waals surface area contributed by atoms with Gasteiger partial charge in [-0.25, -0.2) is 0 Å². The highest BCUT2D eigenvalue weighted by molar-refractivity contribution is 5.71. The molecule has 0 heterocycles. The van der Waals surface area contributed by atoms with Crippen LogP contribution in [0.4, 0.5) is 13.2 Å². The van der Waals surface area contributed by atoms with E-state index in [1.165, 1.54) is 19.1 Å². The summed E-state index contributed by atoms with van der Waals surface area (Å²) < 4.78 is 35.6. The Bertz CT molecular complexity index is 184. The fourth-order valence-electron chi connectivity index (χ4n) is 0.647. The molecule has 0 radical (unpaired) electrons. The maximum Gasteiger partial charge on any atom is 0.402 e. The van der Waals surface area contributed by atoms with Crippen molar-refractivity contribution in [2.24, 2.45) is 5.92 Å². The van der Waals surface area contributed by atoms with E-state index in [0.717, 1.165) is 0 Å². The molecule has 5 heteroatoms. The molecule has 0 aromatic rings. The maximum atomic E-state index is 11.9. The number of allylic oxidation sites excluding steroid dienone is 2. The van der Waals surface area contributed by atoms with Crippen molar-refractivity contribution in [3.05, 3.63) is 12.2 Å². The third-order valence-corrected chi connectivity index (χ3v) is 1.30. The van der Waals surface area contributed by atoms with Crippen LogP contribution in [0.3, 0.4) is 0 Å². The number of halogens is 3. The Morgan fingerprint density at radius 2 is 2.08 bits per heavy atom. The average Bonchev–Trinajstić information content (AvgIpc) is 1.84. The number of carboxylic acids is 1. The lowest BCUT2D eigenvalue weighted by Gasteiger charge is -2.13. The SMILES string of the molecule is C/C=C/CC(C(=O)O)C(F)(F)F. The summed E-state index contributed by atoms with van der Waals surface area (Å²) in [7, 11) is 0. The van der Waals surface area contributed by atoms with Gasteiger partial charge in [-0.05, 0) is 13.3 Å². The Labute approximate surface area is 67.7 Å². The third-order valence-electron chi connectivity index (χ3n) is 1.30. The Morgan fingerprint density at radius 3 is 2.33 bits per heavy atom. The van der Waals surface area contributed by atoms with Crippen molar-refractivity contribution < 1.29 is 23.1 Å². The van der Waals surface area contributed by atoms with E-state index in [0.29, 0.717) is 0 Å². The molecule has 0 aliphatic rings. The summed E-state index contributed by atoms with van der Waals surface area (Å²) in [6.45, 7) is 1.54. The molecule has 0 aromatic heterocycles. The molecule has 0 spiro atoms. The standard InChI is InChI=1S/C7H9F3O2/c1-2-3-4-5(6(11)12)7(8,9)10/h2-3,5H,4H2,1H3,(H,11,12)/b3-2+. The molecule has 0 aliphatic heterocycles. The van der Waals surface area contributed by atoms with Crippen LogP contribution in [0.2, 0.25) is 0 Å². The van der Waals surface area contributed by atoms with Gasteiger partial charge in [0.25, 0.3) is 0 Å². The molecule has 0 rings (SSSR count). The van der Waals surface area contributed by atoms with E-state index < -0.39 is 24.5 Å².